The van der Waals surface area contributed by atoms with E-state index in [0.717, 1.165) is 4.88 Å². The third kappa shape index (κ3) is 7.57. The molecule has 4 rings (SSSR count). The van der Waals surface area contributed by atoms with Gasteiger partial charge in [-0.3, -0.25) is 14.4 Å². The number of carbonyl (C=O) groups is 2. The molecule has 2 aromatic carbocycles. The van der Waals surface area contributed by atoms with E-state index in [9.17, 15) is 19.5 Å². The smallest absolute Gasteiger partial charge is 0.280 e. The van der Waals surface area contributed by atoms with Gasteiger partial charge in [0.2, 0.25) is 0 Å². The fraction of sp³-hybridized carbons (Fsp3) is 0.143. The maximum absolute atomic E-state index is 12.9. The van der Waals surface area contributed by atoms with E-state index in [-0.39, 0.29) is 34.3 Å². The molecule has 0 unspecified atom stereocenters. The highest BCUT2D eigenvalue weighted by molar-refractivity contribution is 7.13. The highest BCUT2D eigenvalue weighted by atomic mass is 35.5. The molecule has 0 radical (unpaired) electrons. The summed E-state index contributed by atoms with van der Waals surface area (Å²) in [5, 5.41) is 23.9. The van der Waals surface area contributed by atoms with Crippen LogP contribution < -0.4 is 5.56 Å². The average Bonchev–Trinajstić information content (AvgIpc) is 3.38. The van der Waals surface area contributed by atoms with Crippen LogP contribution >= 0.6 is 34.5 Å². The van der Waals surface area contributed by atoms with Gasteiger partial charge in [-0.2, -0.15) is 14.9 Å². The molecule has 1 N–H and O–H groups in total. The van der Waals surface area contributed by atoms with Crippen molar-refractivity contribution in [3.63, 3.8) is 0 Å². The maximum atomic E-state index is 12.9. The Labute approximate surface area is 238 Å². The summed E-state index contributed by atoms with van der Waals surface area (Å²) in [6, 6.07) is 17.3. The van der Waals surface area contributed by atoms with Gasteiger partial charge < -0.3 is 5.11 Å². The van der Waals surface area contributed by atoms with Crippen LogP contribution in [0, 0.1) is 6.92 Å². The van der Waals surface area contributed by atoms with Gasteiger partial charge in [0.25, 0.3) is 5.56 Å². The Morgan fingerprint density at radius 2 is 1.64 bits per heavy atom. The first-order chi connectivity index (χ1) is 18.5. The van der Waals surface area contributed by atoms with Crippen molar-refractivity contribution in [2.24, 2.45) is 10.2 Å². The molecule has 11 heteroatoms. The van der Waals surface area contributed by atoms with E-state index in [1.165, 1.54) is 36.8 Å². The molecule has 0 saturated heterocycles. The Kier molecular flexibility index (Phi) is 10.1. The quantitative estimate of drug-likeness (QED) is 0.107. The van der Waals surface area contributed by atoms with Gasteiger partial charge in [0.15, 0.2) is 17.3 Å². The lowest BCUT2D eigenvalue weighted by Crippen LogP contribution is -2.26. The molecular formula is C28H24Cl2N4O4S. The SMILES string of the molecule is CC(=O)C(N=Nc1cccc(Cl)c1)=C(C)O.CC(=O)c1nn(-c2cccc(Cl)c2)c(=O)c(-c2cccs2)c1C. The molecule has 2 aromatic heterocycles. The summed E-state index contributed by atoms with van der Waals surface area (Å²) in [5.74, 6) is -0.680. The van der Waals surface area contributed by atoms with Crippen LogP contribution in [-0.2, 0) is 4.79 Å². The van der Waals surface area contributed by atoms with Crippen LogP contribution in [0.5, 0.6) is 0 Å². The lowest BCUT2D eigenvalue weighted by molar-refractivity contribution is -0.113. The van der Waals surface area contributed by atoms with Gasteiger partial charge in [0, 0.05) is 28.8 Å². The largest absolute Gasteiger partial charge is 0.510 e. The van der Waals surface area contributed by atoms with Crippen molar-refractivity contribution in [3.8, 4) is 16.1 Å². The molecule has 0 amide bonds. The number of nitrogens with zero attached hydrogens (tertiary/aromatic N) is 4. The summed E-state index contributed by atoms with van der Waals surface area (Å²) in [6.45, 7) is 5.89. The highest BCUT2D eigenvalue weighted by Crippen LogP contribution is 2.27. The number of rotatable bonds is 6. The number of halogens is 2. The van der Waals surface area contributed by atoms with E-state index in [1.54, 1.807) is 55.5 Å². The number of benzene rings is 2. The Bertz CT molecular complexity index is 1640. The molecule has 8 nitrogen and oxygen atoms in total. The minimum atomic E-state index is -0.342. The lowest BCUT2D eigenvalue weighted by Gasteiger charge is -2.12. The fourth-order valence-electron chi connectivity index (χ4n) is 3.48. The molecule has 0 saturated carbocycles. The van der Waals surface area contributed by atoms with Gasteiger partial charge >= 0.3 is 0 Å². The van der Waals surface area contributed by atoms with E-state index >= 15 is 0 Å². The Morgan fingerprint density at radius 3 is 2.18 bits per heavy atom. The standard InChI is InChI=1S/C17H13ClN2O2S.C11H11ClN2O2/c1-10-15(14-7-4-8-23-14)17(22)20(19-16(10)11(2)21)13-6-3-5-12(18)9-13;1-7(15)11(8(2)16)14-13-10-5-3-4-9(12)6-10/h3-9H,1-2H3;3-6,15H,1-2H3. The fourth-order valence-corrected chi connectivity index (χ4v) is 4.67. The number of allylic oxidation sites excluding steroid dienone is 2. The number of aliphatic hydroxyl groups is 1. The molecule has 0 aliphatic carbocycles. The normalized spacial score (nSPS) is 11.5. The molecule has 0 aliphatic heterocycles. The van der Waals surface area contributed by atoms with Gasteiger partial charge in [-0.1, -0.05) is 41.4 Å². The Morgan fingerprint density at radius 1 is 0.974 bits per heavy atom. The first-order valence-corrected chi connectivity index (χ1v) is 13.2. The number of aliphatic hydroxyl groups excluding tert-OH is 1. The molecule has 2 heterocycles. The number of ketones is 2. The second kappa shape index (κ2) is 13.2. The first kappa shape index (κ1) is 29.6. The van der Waals surface area contributed by atoms with E-state index in [2.05, 4.69) is 15.3 Å². The summed E-state index contributed by atoms with van der Waals surface area (Å²) in [6.07, 6.45) is 0. The van der Waals surface area contributed by atoms with Crippen LogP contribution in [0.3, 0.4) is 0 Å². The van der Waals surface area contributed by atoms with Crippen LogP contribution in [-0.4, -0.2) is 26.5 Å². The molecule has 4 aromatic rings. The molecule has 0 spiro atoms. The molecular weight excluding hydrogens is 559 g/mol. The van der Waals surface area contributed by atoms with E-state index in [1.807, 2.05) is 17.5 Å². The average molecular weight is 583 g/mol. The summed E-state index contributed by atoms with van der Waals surface area (Å²) in [5.41, 5.74) is 2.11. The van der Waals surface area contributed by atoms with E-state index in [4.69, 9.17) is 23.2 Å². The molecule has 0 aliphatic rings. The number of hydrogen-bond donors (Lipinski definition) is 1. The van der Waals surface area contributed by atoms with Crippen molar-refractivity contribution in [2.75, 3.05) is 0 Å². The van der Waals surface area contributed by atoms with Gasteiger partial charge in [-0.15, -0.1) is 16.5 Å². The van der Waals surface area contributed by atoms with Gasteiger partial charge in [-0.05, 0) is 67.3 Å². The molecule has 0 atom stereocenters. The second-order valence-electron chi connectivity index (χ2n) is 8.25. The predicted octanol–water partition coefficient (Wildman–Crippen LogP) is 7.93. The van der Waals surface area contributed by atoms with Crippen molar-refractivity contribution < 1.29 is 14.7 Å². The minimum absolute atomic E-state index is 0.0556. The van der Waals surface area contributed by atoms with Crippen LogP contribution in [0.4, 0.5) is 5.69 Å². The van der Waals surface area contributed by atoms with Crippen molar-refractivity contribution in [3.05, 3.63) is 109 Å². The zero-order valence-electron chi connectivity index (χ0n) is 21.5. The van der Waals surface area contributed by atoms with E-state index in [0.29, 0.717) is 32.5 Å². The van der Waals surface area contributed by atoms with Crippen LogP contribution in [0.15, 0.2) is 92.5 Å². The predicted molar refractivity (Wildman–Crippen MR) is 155 cm³/mol. The van der Waals surface area contributed by atoms with Crippen molar-refractivity contribution in [1.82, 2.24) is 9.78 Å². The summed E-state index contributed by atoms with van der Waals surface area (Å²) in [7, 11) is 0. The van der Waals surface area contributed by atoms with Gasteiger partial charge in [-0.25, -0.2) is 0 Å². The van der Waals surface area contributed by atoms with Gasteiger partial charge in [0.1, 0.15) is 11.5 Å². The zero-order chi connectivity index (χ0) is 28.7. The maximum Gasteiger partial charge on any atom is 0.280 e. The summed E-state index contributed by atoms with van der Waals surface area (Å²) < 4.78 is 1.24. The monoisotopic (exact) mass is 582 g/mol. The summed E-state index contributed by atoms with van der Waals surface area (Å²) >= 11 is 13.2. The molecule has 39 heavy (non-hydrogen) atoms. The van der Waals surface area contributed by atoms with Crippen LogP contribution in [0.25, 0.3) is 16.1 Å². The number of azo groups is 1. The molecule has 200 valence electrons. The van der Waals surface area contributed by atoms with E-state index < -0.39 is 0 Å². The van der Waals surface area contributed by atoms with Crippen molar-refractivity contribution >= 4 is 51.8 Å². The Hall–Kier alpha value is -3.92. The third-order valence-electron chi connectivity index (χ3n) is 5.24. The lowest BCUT2D eigenvalue weighted by atomic mass is 10.1. The van der Waals surface area contributed by atoms with Gasteiger partial charge in [0.05, 0.1) is 16.9 Å². The zero-order valence-corrected chi connectivity index (χ0v) is 23.8. The highest BCUT2D eigenvalue weighted by Gasteiger charge is 2.19. The topological polar surface area (TPSA) is 114 Å². The molecule has 0 bridgehead atoms. The first-order valence-electron chi connectivity index (χ1n) is 11.5. The number of hydrogen-bond acceptors (Lipinski definition) is 8. The van der Waals surface area contributed by atoms with Crippen LogP contribution in [0.1, 0.15) is 36.8 Å². The number of aromatic nitrogens is 2. The van der Waals surface area contributed by atoms with Crippen molar-refractivity contribution in [2.45, 2.75) is 27.7 Å². The minimum Gasteiger partial charge on any atom is -0.510 e. The third-order valence-corrected chi connectivity index (χ3v) is 6.60. The number of Topliss-reactive ketones (excluding diaryl/α,β-unsaturated/α-hetero) is 2. The second-order valence-corrected chi connectivity index (χ2v) is 10.1. The number of thiophene rings is 1. The van der Waals surface area contributed by atoms with Crippen LogP contribution in [0.2, 0.25) is 10.0 Å². The number of carbonyl (C=O) groups excluding carboxylic acids is 2. The summed E-state index contributed by atoms with van der Waals surface area (Å²) in [4.78, 5) is 36.8. The van der Waals surface area contributed by atoms with Crippen molar-refractivity contribution in [1.29, 1.82) is 0 Å². The molecule has 0 fully saturated rings. The Balaban J connectivity index is 0.000000231.